The first-order chi connectivity index (χ1) is 21.5. The van der Waals surface area contributed by atoms with Crippen molar-refractivity contribution in [1.82, 2.24) is 9.62 Å². The quantitative estimate of drug-likeness (QED) is 0.284. The summed E-state index contributed by atoms with van der Waals surface area (Å²) in [6.07, 6.45) is 2.97. The van der Waals surface area contributed by atoms with Gasteiger partial charge in [0, 0.05) is 31.0 Å². The normalized spacial score (nSPS) is 18.7. The van der Waals surface area contributed by atoms with E-state index in [1.165, 1.54) is 47.8 Å². The number of methoxy groups -OCH3 is 1. The van der Waals surface area contributed by atoms with Gasteiger partial charge in [0.2, 0.25) is 21.8 Å². The van der Waals surface area contributed by atoms with Gasteiger partial charge in [-0.05, 0) is 92.9 Å². The highest BCUT2D eigenvalue weighted by atomic mass is 35.5. The van der Waals surface area contributed by atoms with E-state index in [1.807, 2.05) is 0 Å². The molecule has 0 saturated carbocycles. The van der Waals surface area contributed by atoms with Crippen LogP contribution < -0.4 is 20.7 Å². The number of ether oxygens (including phenoxy) is 1. The third-order valence-electron chi connectivity index (χ3n) is 7.49. The molecule has 2 fully saturated rings. The van der Waals surface area contributed by atoms with Crippen molar-refractivity contribution in [3.05, 3.63) is 82.3 Å². The molecule has 3 aromatic carbocycles. The zero-order chi connectivity index (χ0) is 32.6. The van der Waals surface area contributed by atoms with Crippen LogP contribution in [-0.4, -0.2) is 57.8 Å². The Labute approximate surface area is 271 Å². The van der Waals surface area contributed by atoms with Crippen LogP contribution in [0.5, 0.6) is 5.75 Å². The molecule has 2 amide bonds. The molecule has 242 valence electrons. The second kappa shape index (κ2) is 15.8. The minimum Gasteiger partial charge on any atom is -0.497 e. The van der Waals surface area contributed by atoms with Crippen molar-refractivity contribution in [1.29, 1.82) is 0 Å². The standard InChI is InChI=1S/C19H20ClFN2O4S.C12H14ClFN2O/c1-27-15-5-7-16(8-6-15)28(25,26)23-10-2-3-13(12-23)19(24)22-14-4-9-17(20)18(21)11-14;13-10-4-3-9(6-11(10)14)16-12(17)8-2-1-5-15-7-8/h4-9,11,13H,2-3,10,12H2,1H3,(H,22,24);3-4,6,8,15H,1-2,5,7H2,(H,16,17)/t13-;8-/m00/s1. The number of halogens is 4. The second-order valence-electron chi connectivity index (χ2n) is 10.7. The molecule has 2 atom stereocenters. The summed E-state index contributed by atoms with van der Waals surface area (Å²) in [7, 11) is -2.21. The molecule has 9 nitrogen and oxygen atoms in total. The van der Waals surface area contributed by atoms with Crippen molar-refractivity contribution in [3.8, 4) is 5.75 Å². The Hall–Kier alpha value is -3.29. The summed E-state index contributed by atoms with van der Waals surface area (Å²) < 4.78 is 58.9. The van der Waals surface area contributed by atoms with E-state index < -0.39 is 27.6 Å². The summed E-state index contributed by atoms with van der Waals surface area (Å²) >= 11 is 11.2. The Morgan fingerprint density at radius 1 is 0.867 bits per heavy atom. The number of sulfonamides is 1. The number of carbonyl (C=O) groups excluding carboxylic acids is 2. The largest absolute Gasteiger partial charge is 0.497 e. The number of nitrogens with zero attached hydrogens (tertiary/aromatic N) is 1. The number of nitrogens with one attached hydrogen (secondary N) is 3. The van der Waals surface area contributed by atoms with E-state index in [9.17, 15) is 26.8 Å². The van der Waals surface area contributed by atoms with Gasteiger partial charge in [-0.2, -0.15) is 4.31 Å². The molecule has 5 rings (SSSR count). The highest BCUT2D eigenvalue weighted by Crippen LogP contribution is 2.27. The molecular formula is C31H34Cl2F2N4O5S. The van der Waals surface area contributed by atoms with Crippen LogP contribution in [0.2, 0.25) is 10.0 Å². The van der Waals surface area contributed by atoms with E-state index in [1.54, 1.807) is 18.2 Å². The monoisotopic (exact) mass is 682 g/mol. The average molecular weight is 684 g/mol. The maximum absolute atomic E-state index is 13.6. The topological polar surface area (TPSA) is 117 Å². The predicted molar refractivity (Wildman–Crippen MR) is 170 cm³/mol. The van der Waals surface area contributed by atoms with E-state index in [0.29, 0.717) is 37.4 Å². The smallest absolute Gasteiger partial charge is 0.243 e. The van der Waals surface area contributed by atoms with Gasteiger partial charge >= 0.3 is 0 Å². The number of hydrogen-bond donors (Lipinski definition) is 3. The molecule has 0 spiro atoms. The van der Waals surface area contributed by atoms with Crippen LogP contribution >= 0.6 is 23.2 Å². The minimum atomic E-state index is -3.72. The van der Waals surface area contributed by atoms with Crippen LogP contribution in [0.3, 0.4) is 0 Å². The van der Waals surface area contributed by atoms with Gasteiger partial charge in [-0.1, -0.05) is 23.2 Å². The van der Waals surface area contributed by atoms with Crippen LogP contribution in [0, 0.1) is 23.5 Å². The third kappa shape index (κ3) is 9.36. The Morgan fingerprint density at radius 3 is 1.93 bits per heavy atom. The number of anilines is 2. The number of hydrogen-bond acceptors (Lipinski definition) is 6. The Kier molecular flexibility index (Phi) is 12.2. The first-order valence-corrected chi connectivity index (χ1v) is 16.5. The van der Waals surface area contributed by atoms with Gasteiger partial charge in [0.05, 0.1) is 33.9 Å². The molecule has 3 N–H and O–H groups in total. The van der Waals surface area contributed by atoms with Gasteiger partial charge in [-0.25, -0.2) is 17.2 Å². The molecule has 2 saturated heterocycles. The maximum atomic E-state index is 13.6. The molecule has 0 aliphatic carbocycles. The number of amides is 2. The fraction of sp³-hybridized carbons (Fsp3) is 0.355. The molecule has 0 radical (unpaired) electrons. The van der Waals surface area contributed by atoms with Crippen molar-refractivity contribution in [2.75, 3.05) is 43.9 Å². The van der Waals surface area contributed by atoms with Crippen molar-refractivity contribution in [3.63, 3.8) is 0 Å². The highest BCUT2D eigenvalue weighted by Gasteiger charge is 2.33. The van der Waals surface area contributed by atoms with Crippen LogP contribution in [0.1, 0.15) is 25.7 Å². The van der Waals surface area contributed by atoms with Crippen LogP contribution in [0.4, 0.5) is 20.2 Å². The number of piperidine rings is 2. The van der Waals surface area contributed by atoms with E-state index in [-0.39, 0.29) is 44.9 Å². The molecule has 0 bridgehead atoms. The van der Waals surface area contributed by atoms with Gasteiger partial charge in [0.25, 0.3) is 0 Å². The summed E-state index contributed by atoms with van der Waals surface area (Å²) in [4.78, 5) is 24.6. The molecule has 2 aliphatic rings. The van der Waals surface area contributed by atoms with Gasteiger partial charge in [-0.3, -0.25) is 9.59 Å². The molecule has 2 heterocycles. The lowest BCUT2D eigenvalue weighted by atomic mass is 9.99. The fourth-order valence-corrected chi connectivity index (χ4v) is 6.74. The number of rotatable bonds is 7. The van der Waals surface area contributed by atoms with E-state index >= 15 is 0 Å². The first-order valence-electron chi connectivity index (χ1n) is 14.3. The second-order valence-corrected chi connectivity index (χ2v) is 13.4. The number of benzene rings is 3. The maximum Gasteiger partial charge on any atom is 0.243 e. The van der Waals surface area contributed by atoms with Crippen LogP contribution in [-0.2, 0) is 19.6 Å². The van der Waals surface area contributed by atoms with Crippen molar-refractivity contribution in [2.24, 2.45) is 11.8 Å². The van der Waals surface area contributed by atoms with Crippen molar-refractivity contribution < 1.29 is 31.5 Å². The summed E-state index contributed by atoms with van der Waals surface area (Å²) in [5, 5.41) is 8.52. The average Bonchev–Trinajstić information content (AvgIpc) is 3.05. The van der Waals surface area contributed by atoms with E-state index in [2.05, 4.69) is 16.0 Å². The summed E-state index contributed by atoms with van der Waals surface area (Å²) in [5.41, 5.74) is 0.726. The van der Waals surface area contributed by atoms with Gasteiger partial charge in [0.15, 0.2) is 0 Å². The molecule has 0 aromatic heterocycles. The minimum absolute atomic E-state index is 0.0348. The van der Waals surface area contributed by atoms with Crippen LogP contribution in [0.15, 0.2) is 65.6 Å². The summed E-state index contributed by atoms with van der Waals surface area (Å²) in [6, 6.07) is 14.4. The Balaban J connectivity index is 0.000000231. The first kappa shape index (κ1) is 34.6. The third-order valence-corrected chi connectivity index (χ3v) is 9.99. The van der Waals surface area contributed by atoms with Gasteiger partial charge in [-0.15, -0.1) is 0 Å². The predicted octanol–water partition coefficient (Wildman–Crippen LogP) is 5.94. The molecule has 3 aromatic rings. The lowest BCUT2D eigenvalue weighted by molar-refractivity contribution is -0.121. The SMILES string of the molecule is COc1ccc(S(=O)(=O)N2CCC[C@H](C(=O)Nc3ccc(Cl)c(F)c3)C2)cc1.O=C(Nc1ccc(Cl)c(F)c1)[C@H]1CCCNC1. The van der Waals surface area contributed by atoms with Gasteiger partial charge in [0.1, 0.15) is 17.4 Å². The van der Waals surface area contributed by atoms with Crippen molar-refractivity contribution in [2.45, 2.75) is 30.6 Å². The number of carbonyl (C=O) groups is 2. The molecular weight excluding hydrogens is 649 g/mol. The lowest BCUT2D eigenvalue weighted by Crippen LogP contribution is -2.43. The van der Waals surface area contributed by atoms with E-state index in [4.69, 9.17) is 27.9 Å². The summed E-state index contributed by atoms with van der Waals surface area (Å²) in [6.45, 7) is 2.05. The van der Waals surface area contributed by atoms with Crippen LogP contribution in [0.25, 0.3) is 0 Å². The molecule has 45 heavy (non-hydrogen) atoms. The highest BCUT2D eigenvalue weighted by molar-refractivity contribution is 7.89. The van der Waals surface area contributed by atoms with Gasteiger partial charge < -0.3 is 20.7 Å². The van der Waals surface area contributed by atoms with Crippen molar-refractivity contribution >= 4 is 56.4 Å². The zero-order valence-corrected chi connectivity index (χ0v) is 26.8. The lowest BCUT2D eigenvalue weighted by Gasteiger charge is -2.31. The summed E-state index contributed by atoms with van der Waals surface area (Å²) in [5.74, 6) is -1.58. The molecule has 2 aliphatic heterocycles. The molecule has 0 unspecified atom stereocenters. The zero-order valence-electron chi connectivity index (χ0n) is 24.5. The fourth-order valence-electron chi connectivity index (χ4n) is 4.98. The van der Waals surface area contributed by atoms with E-state index in [0.717, 1.165) is 25.5 Å². The Bertz CT molecular complexity index is 1610. The Morgan fingerprint density at radius 2 is 1.42 bits per heavy atom. The molecule has 14 heteroatoms.